The third-order valence-electron chi connectivity index (χ3n) is 2.89. The van der Waals surface area contributed by atoms with Crippen LogP contribution in [0, 0.1) is 0 Å². The molecule has 0 aromatic heterocycles. The van der Waals surface area contributed by atoms with Crippen molar-refractivity contribution in [3.05, 3.63) is 63.6 Å². The van der Waals surface area contributed by atoms with Gasteiger partial charge in [0.05, 0.1) is 28.7 Å². The highest BCUT2D eigenvalue weighted by atomic mass is 35.5. The summed E-state index contributed by atoms with van der Waals surface area (Å²) in [7, 11) is -1.75. The Hall–Kier alpha value is -1.23. The lowest BCUT2D eigenvalue weighted by atomic mass is 10.2. The molecule has 0 N–H and O–H groups in total. The molecular weight excluding hydrogens is 331 g/mol. The first-order chi connectivity index (χ1) is 9.89. The van der Waals surface area contributed by atoms with E-state index in [0.29, 0.717) is 26.9 Å². The van der Waals surface area contributed by atoms with Crippen molar-refractivity contribution in [2.45, 2.75) is 11.5 Å². The molecule has 3 nitrogen and oxygen atoms in total. The van der Waals surface area contributed by atoms with Crippen LogP contribution in [0.25, 0.3) is 0 Å². The first kappa shape index (κ1) is 16.1. The van der Waals surface area contributed by atoms with E-state index < -0.39 is 9.84 Å². The molecule has 0 saturated carbocycles. The fourth-order valence-electron chi connectivity index (χ4n) is 1.95. The van der Waals surface area contributed by atoms with Crippen LogP contribution in [0.1, 0.15) is 11.1 Å². The maximum Gasteiger partial charge on any atom is 0.158 e. The molecule has 0 saturated heterocycles. The van der Waals surface area contributed by atoms with Crippen LogP contribution < -0.4 is 4.74 Å². The van der Waals surface area contributed by atoms with Gasteiger partial charge in [0.15, 0.2) is 9.84 Å². The van der Waals surface area contributed by atoms with E-state index in [0.717, 1.165) is 0 Å². The Labute approximate surface area is 134 Å². The summed E-state index contributed by atoms with van der Waals surface area (Å²) >= 11 is 11.7. The molecule has 0 fully saturated rings. The van der Waals surface area contributed by atoms with Crippen LogP contribution in [0.15, 0.2) is 42.5 Å². The average Bonchev–Trinajstić information content (AvgIpc) is 2.42. The maximum absolute atomic E-state index is 12.2. The van der Waals surface area contributed by atoms with Crippen LogP contribution in [0.4, 0.5) is 0 Å². The second-order valence-electron chi connectivity index (χ2n) is 4.63. The Morgan fingerprint density at radius 3 is 2.24 bits per heavy atom. The first-order valence-corrected chi connectivity index (χ1v) is 8.74. The monoisotopic (exact) mass is 344 g/mol. The molecule has 6 heteroatoms. The van der Waals surface area contributed by atoms with E-state index >= 15 is 0 Å². The molecule has 0 heterocycles. The van der Waals surface area contributed by atoms with Crippen molar-refractivity contribution in [1.82, 2.24) is 0 Å². The standard InChI is InChI=1S/C15H14Cl2O3S/c1-20-13-4-2-3-11(7-13)9-21(18,19)10-12-5-6-14(16)15(17)8-12/h2-8H,9-10H2,1H3. The minimum Gasteiger partial charge on any atom is -0.497 e. The van der Waals surface area contributed by atoms with Gasteiger partial charge in [-0.2, -0.15) is 0 Å². The summed E-state index contributed by atoms with van der Waals surface area (Å²) in [6.07, 6.45) is 0. The zero-order chi connectivity index (χ0) is 15.5. The van der Waals surface area contributed by atoms with Gasteiger partial charge in [-0.3, -0.25) is 0 Å². The summed E-state index contributed by atoms with van der Waals surface area (Å²) in [6, 6.07) is 11.9. The molecule has 2 aromatic rings. The van der Waals surface area contributed by atoms with E-state index in [-0.39, 0.29) is 11.5 Å². The molecule has 0 aliphatic heterocycles. The van der Waals surface area contributed by atoms with Gasteiger partial charge < -0.3 is 4.74 Å². The number of ether oxygens (including phenoxy) is 1. The summed E-state index contributed by atoms with van der Waals surface area (Å²) in [5.41, 5.74) is 1.31. The molecule has 112 valence electrons. The summed E-state index contributed by atoms with van der Waals surface area (Å²) < 4.78 is 29.6. The van der Waals surface area contributed by atoms with Gasteiger partial charge in [-0.15, -0.1) is 0 Å². The van der Waals surface area contributed by atoms with Gasteiger partial charge in [0.1, 0.15) is 5.75 Å². The van der Waals surface area contributed by atoms with Gasteiger partial charge in [0, 0.05) is 0 Å². The van der Waals surface area contributed by atoms with Gasteiger partial charge >= 0.3 is 0 Å². The lowest BCUT2D eigenvalue weighted by Crippen LogP contribution is -2.07. The third-order valence-corrected chi connectivity index (χ3v) is 5.18. The molecular formula is C15H14Cl2O3S. The minimum atomic E-state index is -3.30. The van der Waals surface area contributed by atoms with Crippen molar-refractivity contribution < 1.29 is 13.2 Å². The second kappa shape index (κ2) is 6.69. The van der Waals surface area contributed by atoms with E-state index in [1.807, 2.05) is 0 Å². The topological polar surface area (TPSA) is 43.4 Å². The van der Waals surface area contributed by atoms with E-state index in [9.17, 15) is 8.42 Å². The van der Waals surface area contributed by atoms with Crippen LogP contribution >= 0.6 is 23.2 Å². The fraction of sp³-hybridized carbons (Fsp3) is 0.200. The smallest absolute Gasteiger partial charge is 0.158 e. The third kappa shape index (κ3) is 4.63. The Morgan fingerprint density at radius 2 is 1.62 bits per heavy atom. The van der Waals surface area contributed by atoms with Gasteiger partial charge in [-0.05, 0) is 35.4 Å². The van der Waals surface area contributed by atoms with E-state index in [1.165, 1.54) is 0 Å². The van der Waals surface area contributed by atoms with Gasteiger partial charge in [-0.25, -0.2) is 8.42 Å². The van der Waals surface area contributed by atoms with Gasteiger partial charge in [-0.1, -0.05) is 41.4 Å². The van der Waals surface area contributed by atoms with Gasteiger partial charge in [0.25, 0.3) is 0 Å². The van der Waals surface area contributed by atoms with E-state index in [2.05, 4.69) is 0 Å². The van der Waals surface area contributed by atoms with Crippen LogP contribution in [-0.4, -0.2) is 15.5 Å². The summed E-state index contributed by atoms with van der Waals surface area (Å²) in [5.74, 6) is 0.503. The maximum atomic E-state index is 12.2. The average molecular weight is 345 g/mol. The van der Waals surface area contributed by atoms with Crippen molar-refractivity contribution in [2.24, 2.45) is 0 Å². The van der Waals surface area contributed by atoms with E-state index in [4.69, 9.17) is 27.9 Å². The zero-order valence-corrected chi connectivity index (χ0v) is 13.7. The normalized spacial score (nSPS) is 11.4. The summed E-state index contributed by atoms with van der Waals surface area (Å²) in [5, 5.41) is 0.761. The lowest BCUT2D eigenvalue weighted by molar-refractivity contribution is 0.414. The first-order valence-electron chi connectivity index (χ1n) is 6.17. The Kier molecular flexibility index (Phi) is 5.14. The molecule has 0 spiro atoms. The van der Waals surface area contributed by atoms with Crippen molar-refractivity contribution in [3.8, 4) is 5.75 Å². The fourth-order valence-corrected chi connectivity index (χ4v) is 3.75. The molecule has 21 heavy (non-hydrogen) atoms. The SMILES string of the molecule is COc1cccc(CS(=O)(=O)Cc2ccc(Cl)c(Cl)c2)c1. The molecule has 0 unspecified atom stereocenters. The highest BCUT2D eigenvalue weighted by Gasteiger charge is 2.14. The van der Waals surface area contributed by atoms with Crippen molar-refractivity contribution in [1.29, 1.82) is 0 Å². The van der Waals surface area contributed by atoms with Crippen LogP contribution in [0.3, 0.4) is 0 Å². The molecule has 0 bridgehead atoms. The Morgan fingerprint density at radius 1 is 0.952 bits per heavy atom. The second-order valence-corrected chi connectivity index (χ2v) is 7.51. The van der Waals surface area contributed by atoms with Crippen LogP contribution in [0.5, 0.6) is 5.75 Å². The minimum absolute atomic E-state index is 0.0511. The quantitative estimate of drug-likeness (QED) is 0.819. The molecule has 2 aromatic carbocycles. The molecule has 2 rings (SSSR count). The van der Waals surface area contributed by atoms with Crippen molar-refractivity contribution >= 4 is 33.0 Å². The molecule has 0 aliphatic carbocycles. The number of hydrogen-bond acceptors (Lipinski definition) is 3. The highest BCUT2D eigenvalue weighted by Crippen LogP contribution is 2.24. The zero-order valence-electron chi connectivity index (χ0n) is 11.3. The Bertz CT molecular complexity index is 742. The highest BCUT2D eigenvalue weighted by molar-refractivity contribution is 7.89. The molecule has 0 aliphatic rings. The number of hydrogen-bond donors (Lipinski definition) is 0. The number of sulfone groups is 1. The Balaban J connectivity index is 2.16. The van der Waals surface area contributed by atoms with Crippen molar-refractivity contribution in [3.63, 3.8) is 0 Å². The lowest BCUT2D eigenvalue weighted by Gasteiger charge is -2.07. The number of rotatable bonds is 5. The van der Waals surface area contributed by atoms with Crippen molar-refractivity contribution in [2.75, 3.05) is 7.11 Å². The number of methoxy groups -OCH3 is 1. The van der Waals surface area contributed by atoms with E-state index in [1.54, 1.807) is 49.6 Å². The predicted octanol–water partition coefficient (Wildman–Crippen LogP) is 4.12. The molecule has 0 atom stereocenters. The largest absolute Gasteiger partial charge is 0.497 e. The van der Waals surface area contributed by atoms with Crippen LogP contribution in [0.2, 0.25) is 10.0 Å². The molecule has 0 amide bonds. The van der Waals surface area contributed by atoms with Gasteiger partial charge in [0.2, 0.25) is 0 Å². The summed E-state index contributed by atoms with van der Waals surface area (Å²) in [4.78, 5) is 0. The predicted molar refractivity (Wildman–Crippen MR) is 85.8 cm³/mol. The number of halogens is 2. The summed E-state index contributed by atoms with van der Waals surface area (Å²) in [6.45, 7) is 0. The van der Waals surface area contributed by atoms with Crippen LogP contribution in [-0.2, 0) is 21.3 Å². The molecule has 0 radical (unpaired) electrons. The number of benzene rings is 2.